The summed E-state index contributed by atoms with van der Waals surface area (Å²) in [5, 5.41) is 15.0. The Bertz CT molecular complexity index is 2010. The van der Waals surface area contributed by atoms with Gasteiger partial charge in [-0.1, -0.05) is 52.1 Å². The first-order valence-corrected chi connectivity index (χ1v) is 15.2. The predicted molar refractivity (Wildman–Crippen MR) is 152 cm³/mol. The minimum atomic E-state index is -4.77. The molecule has 1 aliphatic carbocycles. The Hall–Kier alpha value is -3.83. The van der Waals surface area contributed by atoms with E-state index in [-0.39, 0.29) is 33.5 Å². The SMILES string of the molecule is CN(C1(c2onc(-c3c(Cl)cc(Cl)cc3Cl)c2C(=O)Oc2c(F)c(F)c(F)c(F)c2F)CCC1)S(=O)(=O)c1ccccc1[N+](=O)[O-]. The molecule has 0 unspecified atom stereocenters. The summed E-state index contributed by atoms with van der Waals surface area (Å²) in [5.74, 6) is -16.7. The highest BCUT2D eigenvalue weighted by Gasteiger charge is 2.54. The molecule has 0 aliphatic heterocycles. The first kappa shape index (κ1) is 33.5. The van der Waals surface area contributed by atoms with Crippen LogP contribution in [0.15, 0.2) is 45.8 Å². The lowest BCUT2D eigenvalue weighted by atomic mass is 9.73. The molecule has 0 bridgehead atoms. The number of carbonyl (C=O) groups excluding carboxylic acids is 1. The minimum Gasteiger partial charge on any atom is -0.416 e. The molecule has 0 spiro atoms. The van der Waals surface area contributed by atoms with Gasteiger partial charge in [0, 0.05) is 23.7 Å². The summed E-state index contributed by atoms with van der Waals surface area (Å²) in [6.07, 6.45) is 0.118. The number of hydrogen-bond donors (Lipinski definition) is 0. The Balaban J connectivity index is 1.74. The summed E-state index contributed by atoms with van der Waals surface area (Å²) in [6, 6.07) is 6.76. The van der Waals surface area contributed by atoms with Gasteiger partial charge in [-0.25, -0.2) is 26.4 Å². The van der Waals surface area contributed by atoms with Gasteiger partial charge >= 0.3 is 5.97 Å². The first-order chi connectivity index (χ1) is 21.5. The molecule has 1 saturated carbocycles. The van der Waals surface area contributed by atoms with Crippen molar-refractivity contribution >= 4 is 56.5 Å². The van der Waals surface area contributed by atoms with Crippen LogP contribution in [0.1, 0.15) is 35.4 Å². The lowest BCUT2D eigenvalue weighted by molar-refractivity contribution is -0.387. The Morgan fingerprint density at radius 3 is 2.07 bits per heavy atom. The molecule has 1 heterocycles. The van der Waals surface area contributed by atoms with E-state index in [4.69, 9.17) is 44.1 Å². The van der Waals surface area contributed by atoms with Gasteiger partial charge in [-0.15, -0.1) is 0 Å². The zero-order valence-corrected chi connectivity index (χ0v) is 25.8. The van der Waals surface area contributed by atoms with Crippen molar-refractivity contribution in [3.05, 3.63) is 102 Å². The van der Waals surface area contributed by atoms with E-state index in [1.165, 1.54) is 24.3 Å². The molecule has 46 heavy (non-hydrogen) atoms. The van der Waals surface area contributed by atoms with E-state index in [9.17, 15) is 45.3 Å². The first-order valence-electron chi connectivity index (χ1n) is 12.7. The highest BCUT2D eigenvalue weighted by Crippen LogP contribution is 2.52. The van der Waals surface area contributed by atoms with E-state index < -0.39 is 88.9 Å². The van der Waals surface area contributed by atoms with E-state index in [0.29, 0.717) is 10.7 Å². The second kappa shape index (κ2) is 12.1. The fourth-order valence-electron chi connectivity index (χ4n) is 4.95. The summed E-state index contributed by atoms with van der Waals surface area (Å²) in [5.41, 5.74) is -4.29. The van der Waals surface area contributed by atoms with Gasteiger partial charge in [-0.3, -0.25) is 10.1 Å². The maximum atomic E-state index is 14.6. The maximum absolute atomic E-state index is 14.6. The molecular weight excluding hydrogens is 712 g/mol. The van der Waals surface area contributed by atoms with Crippen LogP contribution in [0.3, 0.4) is 0 Å². The van der Waals surface area contributed by atoms with E-state index in [1.54, 1.807) is 0 Å². The lowest BCUT2D eigenvalue weighted by Crippen LogP contribution is -2.52. The average Bonchev–Trinajstić information content (AvgIpc) is 3.40. The smallest absolute Gasteiger partial charge is 0.349 e. The number of aromatic nitrogens is 1. The Morgan fingerprint density at radius 1 is 1.00 bits per heavy atom. The van der Waals surface area contributed by atoms with Gasteiger partial charge in [0.15, 0.2) is 10.7 Å². The van der Waals surface area contributed by atoms with Crippen LogP contribution in [0, 0.1) is 39.2 Å². The third-order valence-electron chi connectivity index (χ3n) is 7.41. The van der Waals surface area contributed by atoms with Crippen LogP contribution in [0.4, 0.5) is 27.6 Å². The van der Waals surface area contributed by atoms with E-state index >= 15 is 0 Å². The fraction of sp³-hybridized carbons (Fsp3) is 0.185. The zero-order valence-electron chi connectivity index (χ0n) is 22.7. The summed E-state index contributed by atoms with van der Waals surface area (Å²) >= 11 is 18.6. The molecule has 19 heteroatoms. The molecule has 0 saturated heterocycles. The third-order valence-corrected chi connectivity index (χ3v) is 10.2. The molecule has 1 aliphatic rings. The van der Waals surface area contributed by atoms with Crippen LogP contribution in [0.25, 0.3) is 11.3 Å². The zero-order chi connectivity index (χ0) is 33.9. The van der Waals surface area contributed by atoms with Crippen molar-refractivity contribution in [2.75, 3.05) is 7.05 Å². The molecule has 0 N–H and O–H groups in total. The average molecular weight is 727 g/mol. The van der Waals surface area contributed by atoms with Crippen LogP contribution < -0.4 is 4.74 Å². The molecule has 3 aromatic carbocycles. The van der Waals surface area contributed by atoms with Crippen molar-refractivity contribution in [3.8, 4) is 17.0 Å². The van der Waals surface area contributed by atoms with Crippen LogP contribution in [0.2, 0.25) is 15.1 Å². The highest BCUT2D eigenvalue weighted by molar-refractivity contribution is 7.89. The van der Waals surface area contributed by atoms with Gasteiger partial charge in [-0.2, -0.15) is 13.1 Å². The normalized spacial score (nSPS) is 14.3. The number of nitrogens with zero attached hydrogens (tertiary/aromatic N) is 3. The van der Waals surface area contributed by atoms with Crippen molar-refractivity contribution < 1.29 is 49.3 Å². The predicted octanol–water partition coefficient (Wildman–Crippen LogP) is 7.82. The molecule has 5 rings (SSSR count). The standard InChI is InChI=1S/C27H15Cl3F5N3O7S/c1-37(46(42,43)15-6-3-2-5-14(15)38(40)41)27(7-4-8-27)25-17(23(36-45-25)16-12(29)9-11(28)10-13(16)30)26(39)44-24-21(34)19(32)18(31)20(33)22(24)35/h2-3,5-6,9-10H,4,7-8H2,1H3. The van der Waals surface area contributed by atoms with Crippen LogP contribution in [0.5, 0.6) is 5.75 Å². The van der Waals surface area contributed by atoms with Crippen molar-refractivity contribution in [2.24, 2.45) is 0 Å². The van der Waals surface area contributed by atoms with Crippen LogP contribution >= 0.6 is 34.8 Å². The summed E-state index contributed by atoms with van der Waals surface area (Å²) in [6.45, 7) is 0. The number of nitro benzene ring substituents is 1. The number of sulfonamides is 1. The highest BCUT2D eigenvalue weighted by atomic mass is 35.5. The lowest BCUT2D eigenvalue weighted by Gasteiger charge is -2.45. The maximum Gasteiger partial charge on any atom is 0.349 e. The second-order valence-electron chi connectivity index (χ2n) is 9.85. The molecule has 242 valence electrons. The fourth-order valence-corrected chi connectivity index (χ4v) is 7.63. The molecule has 10 nitrogen and oxygen atoms in total. The van der Waals surface area contributed by atoms with Crippen molar-refractivity contribution in [1.82, 2.24) is 9.46 Å². The van der Waals surface area contributed by atoms with Crippen molar-refractivity contribution in [1.29, 1.82) is 0 Å². The molecule has 1 aromatic heterocycles. The van der Waals surface area contributed by atoms with Gasteiger partial charge in [0.1, 0.15) is 11.3 Å². The number of hydrogen-bond acceptors (Lipinski definition) is 8. The number of esters is 1. The van der Waals surface area contributed by atoms with Crippen molar-refractivity contribution in [2.45, 2.75) is 29.7 Å². The van der Waals surface area contributed by atoms with Crippen LogP contribution in [-0.2, 0) is 15.6 Å². The van der Waals surface area contributed by atoms with Crippen LogP contribution in [-0.4, -0.2) is 35.8 Å². The Morgan fingerprint density at radius 2 is 1.54 bits per heavy atom. The van der Waals surface area contributed by atoms with Gasteiger partial charge in [0.2, 0.25) is 34.8 Å². The topological polar surface area (TPSA) is 133 Å². The molecule has 0 amide bonds. The molecule has 1 fully saturated rings. The molecule has 0 radical (unpaired) electrons. The van der Waals surface area contributed by atoms with Gasteiger partial charge in [-0.05, 0) is 37.5 Å². The van der Waals surface area contributed by atoms with E-state index in [2.05, 4.69) is 5.16 Å². The Kier molecular flexibility index (Phi) is 8.80. The summed E-state index contributed by atoms with van der Waals surface area (Å²) in [4.78, 5) is 23.7. The number of halogens is 8. The monoisotopic (exact) mass is 725 g/mol. The van der Waals surface area contributed by atoms with Crippen molar-refractivity contribution in [3.63, 3.8) is 0 Å². The number of benzene rings is 3. The largest absolute Gasteiger partial charge is 0.416 e. The minimum absolute atomic E-state index is 0.0266. The third kappa shape index (κ3) is 5.27. The summed E-state index contributed by atoms with van der Waals surface area (Å²) < 4.78 is 109. The van der Waals surface area contributed by atoms with Gasteiger partial charge in [0.25, 0.3) is 15.7 Å². The number of para-hydroxylation sites is 1. The molecule has 0 atom stereocenters. The second-order valence-corrected chi connectivity index (χ2v) is 13.0. The molecule has 4 aromatic rings. The van der Waals surface area contributed by atoms with Gasteiger partial charge in [0.05, 0.1) is 20.5 Å². The molecular formula is C27H15Cl3F5N3O7S. The summed E-state index contributed by atoms with van der Waals surface area (Å²) in [7, 11) is -3.73. The number of carbonyl (C=O) groups is 1. The van der Waals surface area contributed by atoms with E-state index in [1.807, 2.05) is 0 Å². The Labute approximate surface area is 270 Å². The quantitative estimate of drug-likeness (QED) is 0.0342. The van der Waals surface area contributed by atoms with E-state index in [0.717, 1.165) is 19.2 Å². The number of ether oxygens (including phenoxy) is 1. The number of nitro groups is 1. The number of rotatable bonds is 8. The van der Waals surface area contributed by atoms with Gasteiger partial charge < -0.3 is 9.26 Å².